The minimum absolute atomic E-state index is 0.144. The highest BCUT2D eigenvalue weighted by Gasteiger charge is 2.16. The topological polar surface area (TPSA) is 63.2 Å². The second-order valence-corrected chi connectivity index (χ2v) is 8.31. The summed E-state index contributed by atoms with van der Waals surface area (Å²) in [5.41, 5.74) is 4.50. The zero-order valence-corrected chi connectivity index (χ0v) is 16.3. The molecule has 0 bridgehead atoms. The van der Waals surface area contributed by atoms with E-state index in [2.05, 4.69) is 4.72 Å². The van der Waals surface area contributed by atoms with Gasteiger partial charge in [-0.2, -0.15) is 0 Å². The lowest BCUT2D eigenvalue weighted by molar-refractivity contribution is 0.103. The molecule has 0 saturated carbocycles. The van der Waals surface area contributed by atoms with Crippen molar-refractivity contribution in [3.05, 3.63) is 94.5 Å². The Balaban J connectivity index is 1.88. The maximum Gasteiger partial charge on any atom is 0.261 e. The fourth-order valence-electron chi connectivity index (χ4n) is 2.70. The molecule has 0 unspecified atom stereocenters. The van der Waals surface area contributed by atoms with Gasteiger partial charge in [-0.1, -0.05) is 42.0 Å². The number of ketones is 1. The van der Waals surface area contributed by atoms with Crippen LogP contribution in [0.4, 0.5) is 5.69 Å². The van der Waals surface area contributed by atoms with Crippen LogP contribution in [0.3, 0.4) is 0 Å². The zero-order chi connectivity index (χ0) is 19.6. The molecule has 4 nitrogen and oxygen atoms in total. The molecule has 0 saturated heterocycles. The van der Waals surface area contributed by atoms with Crippen molar-refractivity contribution in [2.45, 2.75) is 25.7 Å². The number of nitrogens with one attached hydrogen (secondary N) is 1. The van der Waals surface area contributed by atoms with Crippen LogP contribution in [0.5, 0.6) is 0 Å². The SMILES string of the molecule is Cc1ccc(S(=O)(=O)Nc2cccc(C(=O)c3ccc(C)c(C)c3)c2)cc1. The first-order chi connectivity index (χ1) is 12.8. The van der Waals surface area contributed by atoms with Gasteiger partial charge in [-0.15, -0.1) is 0 Å². The smallest absolute Gasteiger partial charge is 0.261 e. The van der Waals surface area contributed by atoms with Gasteiger partial charge in [0.1, 0.15) is 0 Å². The molecule has 0 aliphatic rings. The lowest BCUT2D eigenvalue weighted by Gasteiger charge is -2.10. The molecule has 5 heteroatoms. The number of carbonyl (C=O) groups excluding carboxylic acids is 1. The van der Waals surface area contributed by atoms with E-state index in [9.17, 15) is 13.2 Å². The van der Waals surface area contributed by atoms with Crippen LogP contribution in [-0.4, -0.2) is 14.2 Å². The molecule has 0 aliphatic heterocycles. The van der Waals surface area contributed by atoms with E-state index in [1.54, 1.807) is 54.6 Å². The van der Waals surface area contributed by atoms with Crippen LogP contribution in [0, 0.1) is 20.8 Å². The van der Waals surface area contributed by atoms with Crippen molar-refractivity contribution in [1.29, 1.82) is 0 Å². The predicted octanol–water partition coefficient (Wildman–Crippen LogP) is 4.64. The Morgan fingerprint density at radius 3 is 2.11 bits per heavy atom. The van der Waals surface area contributed by atoms with Crippen molar-refractivity contribution in [3.63, 3.8) is 0 Å². The maximum atomic E-state index is 12.8. The van der Waals surface area contributed by atoms with Crippen LogP contribution < -0.4 is 4.72 Å². The van der Waals surface area contributed by atoms with Crippen molar-refractivity contribution >= 4 is 21.5 Å². The summed E-state index contributed by atoms with van der Waals surface area (Å²) in [7, 11) is -3.71. The summed E-state index contributed by atoms with van der Waals surface area (Å²) in [6.07, 6.45) is 0. The molecule has 0 aliphatic carbocycles. The molecule has 0 amide bonds. The second kappa shape index (κ2) is 7.37. The number of carbonyl (C=O) groups is 1. The molecule has 3 aromatic carbocycles. The van der Waals surface area contributed by atoms with Gasteiger partial charge in [0, 0.05) is 16.8 Å². The molecule has 138 valence electrons. The zero-order valence-electron chi connectivity index (χ0n) is 15.5. The standard InChI is InChI=1S/C22H21NO3S/c1-15-7-11-21(12-8-15)27(25,26)23-20-6-4-5-18(14-20)22(24)19-10-9-16(2)17(3)13-19/h4-14,23H,1-3H3. The number of hydrogen-bond acceptors (Lipinski definition) is 3. The number of hydrogen-bond donors (Lipinski definition) is 1. The highest BCUT2D eigenvalue weighted by molar-refractivity contribution is 7.92. The largest absolute Gasteiger partial charge is 0.289 e. The summed E-state index contributed by atoms with van der Waals surface area (Å²) in [4.78, 5) is 12.9. The van der Waals surface area contributed by atoms with E-state index in [-0.39, 0.29) is 10.7 Å². The third kappa shape index (κ3) is 4.26. The van der Waals surface area contributed by atoms with Gasteiger partial charge in [0.15, 0.2) is 5.78 Å². The maximum absolute atomic E-state index is 12.8. The van der Waals surface area contributed by atoms with E-state index in [0.717, 1.165) is 16.7 Å². The number of sulfonamides is 1. The Morgan fingerprint density at radius 2 is 1.44 bits per heavy atom. The summed E-state index contributed by atoms with van der Waals surface area (Å²) in [6.45, 7) is 5.84. The summed E-state index contributed by atoms with van der Waals surface area (Å²) in [5, 5.41) is 0. The Bertz CT molecular complexity index is 1100. The molecule has 27 heavy (non-hydrogen) atoms. The third-order valence-corrected chi connectivity index (χ3v) is 5.87. The molecular weight excluding hydrogens is 358 g/mol. The highest BCUT2D eigenvalue weighted by atomic mass is 32.2. The first kappa shape index (κ1) is 18.9. The van der Waals surface area contributed by atoms with Gasteiger partial charge < -0.3 is 0 Å². The van der Waals surface area contributed by atoms with E-state index in [4.69, 9.17) is 0 Å². The summed E-state index contributed by atoms with van der Waals surface area (Å²) in [5.74, 6) is -0.144. The summed E-state index contributed by atoms with van der Waals surface area (Å²) in [6, 6.07) is 18.7. The monoisotopic (exact) mass is 379 g/mol. The van der Waals surface area contributed by atoms with Crippen LogP contribution in [0.25, 0.3) is 0 Å². The Kier molecular flexibility index (Phi) is 5.15. The molecular formula is C22H21NO3S. The van der Waals surface area contributed by atoms with Gasteiger partial charge in [0.05, 0.1) is 4.90 Å². The fourth-order valence-corrected chi connectivity index (χ4v) is 3.75. The van der Waals surface area contributed by atoms with Gasteiger partial charge in [-0.25, -0.2) is 8.42 Å². The normalized spacial score (nSPS) is 11.2. The van der Waals surface area contributed by atoms with Crippen molar-refractivity contribution < 1.29 is 13.2 Å². The van der Waals surface area contributed by atoms with E-state index < -0.39 is 10.0 Å². The van der Waals surface area contributed by atoms with Crippen LogP contribution in [-0.2, 0) is 10.0 Å². The molecule has 1 N–H and O–H groups in total. The summed E-state index contributed by atoms with van der Waals surface area (Å²) >= 11 is 0. The lowest BCUT2D eigenvalue weighted by Crippen LogP contribution is -2.13. The molecule has 0 spiro atoms. The van der Waals surface area contributed by atoms with Crippen LogP contribution in [0.2, 0.25) is 0 Å². The Hall–Kier alpha value is -2.92. The van der Waals surface area contributed by atoms with Gasteiger partial charge in [0.2, 0.25) is 0 Å². The number of anilines is 1. The van der Waals surface area contributed by atoms with Gasteiger partial charge in [-0.3, -0.25) is 9.52 Å². The molecule has 0 heterocycles. The van der Waals surface area contributed by atoms with Gasteiger partial charge in [-0.05, 0) is 62.2 Å². The Morgan fingerprint density at radius 1 is 0.778 bits per heavy atom. The van der Waals surface area contributed by atoms with E-state index in [0.29, 0.717) is 16.8 Å². The van der Waals surface area contributed by atoms with E-state index in [1.165, 1.54) is 0 Å². The molecule has 0 fully saturated rings. The number of aryl methyl sites for hydroxylation is 3. The number of benzene rings is 3. The van der Waals surface area contributed by atoms with Crippen molar-refractivity contribution in [2.24, 2.45) is 0 Å². The van der Waals surface area contributed by atoms with Gasteiger partial charge in [0.25, 0.3) is 10.0 Å². The van der Waals surface area contributed by atoms with Crippen LogP contribution in [0.1, 0.15) is 32.6 Å². The van der Waals surface area contributed by atoms with Crippen molar-refractivity contribution in [2.75, 3.05) is 4.72 Å². The first-order valence-electron chi connectivity index (χ1n) is 8.58. The average Bonchev–Trinajstić information content (AvgIpc) is 2.63. The van der Waals surface area contributed by atoms with Crippen LogP contribution in [0.15, 0.2) is 71.6 Å². The van der Waals surface area contributed by atoms with E-state index >= 15 is 0 Å². The molecule has 0 radical (unpaired) electrons. The molecule has 3 aromatic rings. The fraction of sp³-hybridized carbons (Fsp3) is 0.136. The predicted molar refractivity (Wildman–Crippen MR) is 108 cm³/mol. The van der Waals surface area contributed by atoms with Crippen LogP contribution >= 0.6 is 0 Å². The minimum atomic E-state index is -3.71. The molecule has 0 atom stereocenters. The van der Waals surface area contributed by atoms with Crippen molar-refractivity contribution in [1.82, 2.24) is 0 Å². The van der Waals surface area contributed by atoms with E-state index in [1.807, 2.05) is 32.9 Å². The minimum Gasteiger partial charge on any atom is -0.289 e. The van der Waals surface area contributed by atoms with Crippen molar-refractivity contribution in [3.8, 4) is 0 Å². The highest BCUT2D eigenvalue weighted by Crippen LogP contribution is 2.20. The quantitative estimate of drug-likeness (QED) is 0.657. The number of rotatable bonds is 5. The first-order valence-corrected chi connectivity index (χ1v) is 10.1. The average molecular weight is 379 g/mol. The van der Waals surface area contributed by atoms with Gasteiger partial charge >= 0.3 is 0 Å². The second-order valence-electron chi connectivity index (χ2n) is 6.63. The molecule has 3 rings (SSSR count). The summed E-state index contributed by atoms with van der Waals surface area (Å²) < 4.78 is 27.6. The third-order valence-electron chi connectivity index (χ3n) is 4.48. The lowest BCUT2D eigenvalue weighted by atomic mass is 9.99. The molecule has 0 aromatic heterocycles. The Labute approximate surface area is 159 Å².